The van der Waals surface area contributed by atoms with Crippen molar-refractivity contribution in [1.82, 2.24) is 25.1 Å². The highest BCUT2D eigenvalue weighted by atomic mass is 16.2. The Kier molecular flexibility index (Phi) is 4.82. The topological polar surface area (TPSA) is 78.0 Å². The summed E-state index contributed by atoms with van der Waals surface area (Å²) in [5, 5.41) is 7.10. The maximum absolute atomic E-state index is 12.9. The van der Waals surface area contributed by atoms with Gasteiger partial charge >= 0.3 is 0 Å². The number of amides is 1. The molecule has 4 heterocycles. The molecule has 0 saturated carbocycles. The first-order chi connectivity index (χ1) is 13.2. The van der Waals surface area contributed by atoms with Gasteiger partial charge < -0.3 is 9.80 Å². The Morgan fingerprint density at radius 2 is 1.89 bits per heavy atom. The van der Waals surface area contributed by atoms with Crippen LogP contribution in [0.1, 0.15) is 23.3 Å². The normalized spacial score (nSPS) is 14.9. The van der Waals surface area contributed by atoms with Gasteiger partial charge in [0.1, 0.15) is 11.4 Å². The summed E-state index contributed by atoms with van der Waals surface area (Å²) in [4.78, 5) is 25.4. The van der Waals surface area contributed by atoms with Crippen molar-refractivity contribution in [2.75, 3.05) is 25.0 Å². The van der Waals surface area contributed by atoms with Gasteiger partial charge in [0.05, 0.1) is 5.69 Å². The third-order valence-electron chi connectivity index (χ3n) is 5.10. The van der Waals surface area contributed by atoms with Crippen LogP contribution in [0.25, 0.3) is 11.4 Å². The number of hydrogen-bond donors (Lipinski definition) is 1. The average molecular weight is 362 g/mol. The Morgan fingerprint density at radius 1 is 1.11 bits per heavy atom. The lowest BCUT2D eigenvalue weighted by molar-refractivity contribution is 0.0703. The molecule has 0 aromatic carbocycles. The van der Waals surface area contributed by atoms with Gasteiger partial charge in [0, 0.05) is 50.5 Å². The average Bonchev–Trinajstić information content (AvgIpc) is 3.24. The molecule has 0 unspecified atom stereocenters. The molecule has 0 bridgehead atoms. The minimum absolute atomic E-state index is 0.0351. The number of anilines is 1. The van der Waals surface area contributed by atoms with Crippen molar-refractivity contribution in [2.24, 2.45) is 0 Å². The lowest BCUT2D eigenvalue weighted by Crippen LogP contribution is -2.45. The Hall–Kier alpha value is -3.22. The molecule has 0 spiro atoms. The van der Waals surface area contributed by atoms with E-state index in [4.69, 9.17) is 0 Å². The molecule has 0 aliphatic carbocycles. The standard InChI is InChI=1S/C20H22N6O/c1-25(15-7-12-26(13-8-15)16-5-10-21-11-6-16)20(27)19-14-18(23-24-19)17-4-2-3-9-22-17/h2-6,9-11,14-15H,7-8,12-13H2,1H3,(H,23,24). The highest BCUT2D eigenvalue weighted by Gasteiger charge is 2.27. The zero-order valence-corrected chi connectivity index (χ0v) is 15.2. The van der Waals surface area contributed by atoms with E-state index in [1.54, 1.807) is 12.3 Å². The molecular weight excluding hydrogens is 340 g/mol. The van der Waals surface area contributed by atoms with Gasteiger partial charge in [0.15, 0.2) is 0 Å². The summed E-state index contributed by atoms with van der Waals surface area (Å²) < 4.78 is 0. The Morgan fingerprint density at radius 3 is 2.59 bits per heavy atom. The van der Waals surface area contributed by atoms with E-state index in [9.17, 15) is 4.79 Å². The monoisotopic (exact) mass is 362 g/mol. The molecular formula is C20H22N6O. The van der Waals surface area contributed by atoms with Crippen LogP contribution in [0.2, 0.25) is 0 Å². The van der Waals surface area contributed by atoms with E-state index >= 15 is 0 Å². The van der Waals surface area contributed by atoms with Gasteiger partial charge in [-0.2, -0.15) is 5.10 Å². The van der Waals surface area contributed by atoms with Crippen LogP contribution in [0.4, 0.5) is 5.69 Å². The van der Waals surface area contributed by atoms with Gasteiger partial charge in [-0.25, -0.2) is 0 Å². The van der Waals surface area contributed by atoms with E-state index in [1.807, 2.05) is 54.7 Å². The summed E-state index contributed by atoms with van der Waals surface area (Å²) in [6.45, 7) is 1.85. The van der Waals surface area contributed by atoms with Crippen molar-refractivity contribution in [1.29, 1.82) is 0 Å². The van der Waals surface area contributed by atoms with Crippen LogP contribution in [0, 0.1) is 0 Å². The van der Waals surface area contributed by atoms with Crippen molar-refractivity contribution in [3.8, 4) is 11.4 Å². The highest BCUT2D eigenvalue weighted by Crippen LogP contribution is 2.23. The fraction of sp³-hybridized carbons (Fsp3) is 0.300. The largest absolute Gasteiger partial charge is 0.371 e. The van der Waals surface area contributed by atoms with Crippen LogP contribution in [0.15, 0.2) is 55.0 Å². The van der Waals surface area contributed by atoms with Crippen molar-refractivity contribution >= 4 is 11.6 Å². The minimum atomic E-state index is -0.0351. The molecule has 1 aliphatic rings. The van der Waals surface area contributed by atoms with Gasteiger partial charge in [-0.1, -0.05) is 6.07 Å². The fourth-order valence-electron chi connectivity index (χ4n) is 3.50. The zero-order chi connectivity index (χ0) is 18.6. The molecule has 1 N–H and O–H groups in total. The highest BCUT2D eigenvalue weighted by molar-refractivity contribution is 5.93. The van der Waals surface area contributed by atoms with Gasteiger partial charge in [0.2, 0.25) is 0 Å². The predicted molar refractivity (Wildman–Crippen MR) is 103 cm³/mol. The zero-order valence-electron chi connectivity index (χ0n) is 15.2. The van der Waals surface area contributed by atoms with Crippen LogP contribution in [-0.4, -0.2) is 57.2 Å². The summed E-state index contributed by atoms with van der Waals surface area (Å²) in [6, 6.07) is 11.7. The minimum Gasteiger partial charge on any atom is -0.371 e. The van der Waals surface area contributed by atoms with Crippen molar-refractivity contribution < 1.29 is 4.79 Å². The molecule has 1 aliphatic heterocycles. The number of nitrogens with one attached hydrogen (secondary N) is 1. The molecule has 7 nitrogen and oxygen atoms in total. The number of H-pyrrole nitrogens is 1. The van der Waals surface area contributed by atoms with Crippen LogP contribution < -0.4 is 4.90 Å². The molecule has 138 valence electrons. The summed E-state index contributed by atoms with van der Waals surface area (Å²) in [5.41, 5.74) is 3.11. The number of rotatable bonds is 4. The summed E-state index contributed by atoms with van der Waals surface area (Å²) in [7, 11) is 1.87. The second kappa shape index (κ2) is 7.57. The third-order valence-corrected chi connectivity index (χ3v) is 5.10. The van der Waals surface area contributed by atoms with Crippen LogP contribution in [0.3, 0.4) is 0 Å². The molecule has 7 heteroatoms. The predicted octanol–water partition coefficient (Wildman–Crippen LogP) is 2.61. The number of pyridine rings is 2. The lowest BCUT2D eigenvalue weighted by atomic mass is 10.0. The summed E-state index contributed by atoms with van der Waals surface area (Å²) in [5.74, 6) is -0.0351. The maximum Gasteiger partial charge on any atom is 0.271 e. The number of hydrogen-bond acceptors (Lipinski definition) is 5. The summed E-state index contributed by atoms with van der Waals surface area (Å²) >= 11 is 0. The van der Waals surface area contributed by atoms with Gasteiger partial charge in [-0.3, -0.25) is 19.9 Å². The van der Waals surface area contributed by atoms with Crippen molar-refractivity contribution in [3.05, 3.63) is 60.7 Å². The van der Waals surface area contributed by atoms with Gasteiger partial charge in [-0.15, -0.1) is 0 Å². The SMILES string of the molecule is CN(C(=O)c1cc(-c2ccccn2)n[nH]1)C1CCN(c2ccncc2)CC1. The number of nitrogens with zero attached hydrogens (tertiary/aromatic N) is 5. The van der Waals surface area contributed by atoms with Gasteiger partial charge in [-0.05, 0) is 43.2 Å². The Bertz CT molecular complexity index is 887. The molecule has 3 aromatic rings. The molecule has 0 radical (unpaired) electrons. The van der Waals surface area contributed by atoms with Crippen molar-refractivity contribution in [2.45, 2.75) is 18.9 Å². The number of piperidine rings is 1. The molecule has 1 fully saturated rings. The van der Waals surface area contributed by atoms with Crippen LogP contribution >= 0.6 is 0 Å². The van der Waals surface area contributed by atoms with Crippen LogP contribution in [-0.2, 0) is 0 Å². The maximum atomic E-state index is 12.9. The third kappa shape index (κ3) is 3.67. The lowest BCUT2D eigenvalue weighted by Gasteiger charge is -2.37. The number of carbonyl (C=O) groups excluding carboxylic acids is 1. The molecule has 3 aromatic heterocycles. The fourth-order valence-corrected chi connectivity index (χ4v) is 3.50. The second-order valence-corrected chi connectivity index (χ2v) is 6.72. The molecule has 4 rings (SSSR count). The molecule has 1 amide bonds. The first kappa shape index (κ1) is 17.2. The Balaban J connectivity index is 1.39. The van der Waals surface area contributed by atoms with E-state index in [1.165, 1.54) is 5.69 Å². The van der Waals surface area contributed by atoms with E-state index in [2.05, 4.69) is 25.1 Å². The van der Waals surface area contributed by atoms with E-state index in [0.717, 1.165) is 31.6 Å². The van der Waals surface area contributed by atoms with Crippen molar-refractivity contribution in [3.63, 3.8) is 0 Å². The van der Waals surface area contributed by atoms with Gasteiger partial charge in [0.25, 0.3) is 5.91 Å². The molecule has 1 saturated heterocycles. The molecule has 27 heavy (non-hydrogen) atoms. The Labute approximate surface area is 158 Å². The quantitative estimate of drug-likeness (QED) is 0.772. The number of aromatic amines is 1. The first-order valence-electron chi connectivity index (χ1n) is 9.11. The first-order valence-corrected chi connectivity index (χ1v) is 9.11. The van der Waals surface area contributed by atoms with E-state index in [0.29, 0.717) is 11.4 Å². The number of aromatic nitrogens is 4. The van der Waals surface area contributed by atoms with Crippen LogP contribution in [0.5, 0.6) is 0 Å². The number of carbonyl (C=O) groups is 1. The summed E-state index contributed by atoms with van der Waals surface area (Å²) in [6.07, 6.45) is 7.22. The van der Waals surface area contributed by atoms with E-state index in [-0.39, 0.29) is 11.9 Å². The molecule has 0 atom stereocenters. The van der Waals surface area contributed by atoms with E-state index < -0.39 is 0 Å². The smallest absolute Gasteiger partial charge is 0.271 e. The second-order valence-electron chi connectivity index (χ2n) is 6.72.